The lowest BCUT2D eigenvalue weighted by molar-refractivity contribution is -0.122. The van der Waals surface area contributed by atoms with Gasteiger partial charge in [-0.3, -0.25) is 4.79 Å². The van der Waals surface area contributed by atoms with Gasteiger partial charge in [-0.1, -0.05) is 29.8 Å². The zero-order valence-corrected chi connectivity index (χ0v) is 7.78. The number of carbonyl (C=O) groups excluding carboxylic acids is 2. The summed E-state index contributed by atoms with van der Waals surface area (Å²) >= 11 is 0. The van der Waals surface area contributed by atoms with Crippen LogP contribution in [-0.2, 0) is 9.59 Å². The third-order valence-corrected chi connectivity index (χ3v) is 1.98. The Hall–Kier alpha value is -1.44. The zero-order chi connectivity index (χ0) is 9.84. The first kappa shape index (κ1) is 9.65. The molecule has 0 aliphatic heterocycles. The van der Waals surface area contributed by atoms with E-state index in [9.17, 15) is 9.59 Å². The van der Waals surface area contributed by atoms with Gasteiger partial charge in [0.15, 0.2) is 0 Å². The molecule has 68 valence electrons. The summed E-state index contributed by atoms with van der Waals surface area (Å²) in [7, 11) is 0. The van der Waals surface area contributed by atoms with Crippen molar-refractivity contribution in [1.82, 2.24) is 0 Å². The number of hydrogen-bond donors (Lipinski definition) is 0. The molecular formula is C11H12O2. The minimum absolute atomic E-state index is 0.111. The monoisotopic (exact) mass is 176 g/mol. The van der Waals surface area contributed by atoms with Crippen LogP contribution in [-0.4, -0.2) is 12.1 Å². The molecule has 0 bridgehead atoms. The Kier molecular flexibility index (Phi) is 2.96. The summed E-state index contributed by atoms with van der Waals surface area (Å²) in [6.45, 7) is 3.37. The quantitative estimate of drug-likeness (QED) is 0.520. The predicted molar refractivity (Wildman–Crippen MR) is 50.7 cm³/mol. The van der Waals surface area contributed by atoms with Crippen LogP contribution in [0.2, 0.25) is 0 Å². The maximum Gasteiger partial charge on any atom is 0.144 e. The largest absolute Gasteiger partial charge is 0.302 e. The lowest BCUT2D eigenvalue weighted by atomic mass is 9.96. The number of benzene rings is 1. The summed E-state index contributed by atoms with van der Waals surface area (Å²) in [4.78, 5) is 21.7. The summed E-state index contributed by atoms with van der Waals surface area (Å²) in [6.07, 6.45) is 0.692. The number of rotatable bonds is 3. The molecule has 0 saturated carbocycles. The lowest BCUT2D eigenvalue weighted by Gasteiger charge is -2.06. The minimum atomic E-state index is -0.597. The van der Waals surface area contributed by atoms with E-state index in [1.807, 2.05) is 25.1 Å². The van der Waals surface area contributed by atoms with Crippen LogP contribution in [0.25, 0.3) is 0 Å². The second-order valence-electron chi connectivity index (χ2n) is 3.14. The maximum atomic E-state index is 11.1. The van der Waals surface area contributed by atoms with Gasteiger partial charge in [-0.15, -0.1) is 0 Å². The number of aldehydes is 1. The van der Waals surface area contributed by atoms with Crippen molar-refractivity contribution in [2.45, 2.75) is 19.8 Å². The van der Waals surface area contributed by atoms with Gasteiger partial charge in [-0.2, -0.15) is 0 Å². The molecule has 0 radical (unpaired) electrons. The highest BCUT2D eigenvalue weighted by Gasteiger charge is 2.14. The van der Waals surface area contributed by atoms with Gasteiger partial charge < -0.3 is 4.79 Å². The Balaban J connectivity index is 3.04. The zero-order valence-electron chi connectivity index (χ0n) is 7.78. The molecule has 13 heavy (non-hydrogen) atoms. The maximum absolute atomic E-state index is 11.1. The average Bonchev–Trinajstić information content (AvgIpc) is 2.04. The molecular weight excluding hydrogens is 164 g/mol. The highest BCUT2D eigenvalue weighted by atomic mass is 16.1. The molecule has 0 heterocycles. The van der Waals surface area contributed by atoms with Gasteiger partial charge in [-0.05, 0) is 19.4 Å². The van der Waals surface area contributed by atoms with Crippen molar-refractivity contribution in [3.8, 4) is 0 Å². The SMILES string of the molecule is CC(=O)C(C=O)c1cccc(C)c1. The first-order valence-corrected chi connectivity index (χ1v) is 4.17. The highest BCUT2D eigenvalue weighted by molar-refractivity contribution is 5.97. The molecule has 1 unspecified atom stereocenters. The second-order valence-corrected chi connectivity index (χ2v) is 3.14. The van der Waals surface area contributed by atoms with Crippen molar-refractivity contribution in [1.29, 1.82) is 0 Å². The summed E-state index contributed by atoms with van der Waals surface area (Å²) in [5.74, 6) is -0.708. The third kappa shape index (κ3) is 2.25. The Morgan fingerprint density at radius 2 is 2.15 bits per heavy atom. The predicted octanol–water partition coefficient (Wildman–Crippen LogP) is 1.87. The van der Waals surface area contributed by atoms with Crippen molar-refractivity contribution in [2.24, 2.45) is 0 Å². The molecule has 2 heteroatoms. The smallest absolute Gasteiger partial charge is 0.144 e. The second kappa shape index (κ2) is 3.99. The molecule has 0 fully saturated rings. The highest BCUT2D eigenvalue weighted by Crippen LogP contribution is 2.15. The molecule has 0 saturated heterocycles. The van der Waals surface area contributed by atoms with E-state index in [0.717, 1.165) is 11.1 Å². The average molecular weight is 176 g/mol. The summed E-state index contributed by atoms with van der Waals surface area (Å²) in [5, 5.41) is 0. The van der Waals surface area contributed by atoms with Crippen LogP contribution in [0.15, 0.2) is 24.3 Å². The summed E-state index contributed by atoms with van der Waals surface area (Å²) in [5.41, 5.74) is 1.84. The fourth-order valence-corrected chi connectivity index (χ4v) is 1.27. The van der Waals surface area contributed by atoms with E-state index in [1.165, 1.54) is 6.92 Å². The van der Waals surface area contributed by atoms with E-state index in [4.69, 9.17) is 0 Å². The first-order chi connectivity index (χ1) is 6.15. The van der Waals surface area contributed by atoms with Crippen LogP contribution >= 0.6 is 0 Å². The lowest BCUT2D eigenvalue weighted by Crippen LogP contribution is -2.09. The Morgan fingerprint density at radius 1 is 1.46 bits per heavy atom. The van der Waals surface area contributed by atoms with Crippen LogP contribution < -0.4 is 0 Å². The van der Waals surface area contributed by atoms with Gasteiger partial charge in [0.1, 0.15) is 12.1 Å². The molecule has 0 aromatic heterocycles. The van der Waals surface area contributed by atoms with Gasteiger partial charge in [-0.25, -0.2) is 0 Å². The van der Waals surface area contributed by atoms with Crippen LogP contribution in [0.1, 0.15) is 24.0 Å². The molecule has 1 aromatic carbocycles. The number of ketones is 1. The molecule has 0 spiro atoms. The molecule has 1 atom stereocenters. The first-order valence-electron chi connectivity index (χ1n) is 4.17. The summed E-state index contributed by atoms with van der Waals surface area (Å²) in [6, 6.07) is 7.45. The fraction of sp³-hybridized carbons (Fsp3) is 0.273. The molecule has 0 aliphatic carbocycles. The summed E-state index contributed by atoms with van der Waals surface area (Å²) < 4.78 is 0. The van der Waals surface area contributed by atoms with Gasteiger partial charge in [0.25, 0.3) is 0 Å². The van der Waals surface area contributed by atoms with Crippen LogP contribution in [0.3, 0.4) is 0 Å². The van der Waals surface area contributed by atoms with E-state index in [1.54, 1.807) is 6.07 Å². The van der Waals surface area contributed by atoms with Gasteiger partial charge in [0.05, 0.1) is 5.92 Å². The minimum Gasteiger partial charge on any atom is -0.302 e. The van der Waals surface area contributed by atoms with E-state index in [-0.39, 0.29) is 5.78 Å². The molecule has 0 N–H and O–H groups in total. The van der Waals surface area contributed by atoms with Crippen molar-refractivity contribution in [2.75, 3.05) is 0 Å². The number of Topliss-reactive ketones (excluding diaryl/α,β-unsaturated/α-hetero) is 1. The van der Waals surface area contributed by atoms with Crippen LogP contribution in [0, 0.1) is 6.92 Å². The van der Waals surface area contributed by atoms with E-state index in [2.05, 4.69) is 0 Å². The van der Waals surface area contributed by atoms with E-state index in [0.29, 0.717) is 6.29 Å². The van der Waals surface area contributed by atoms with Crippen molar-refractivity contribution < 1.29 is 9.59 Å². The normalized spacial score (nSPS) is 12.2. The third-order valence-electron chi connectivity index (χ3n) is 1.98. The Morgan fingerprint density at radius 3 is 2.62 bits per heavy atom. The van der Waals surface area contributed by atoms with Crippen LogP contribution in [0.5, 0.6) is 0 Å². The van der Waals surface area contributed by atoms with Gasteiger partial charge in [0, 0.05) is 0 Å². The number of carbonyl (C=O) groups is 2. The van der Waals surface area contributed by atoms with Crippen molar-refractivity contribution in [3.63, 3.8) is 0 Å². The fourth-order valence-electron chi connectivity index (χ4n) is 1.27. The van der Waals surface area contributed by atoms with Crippen molar-refractivity contribution in [3.05, 3.63) is 35.4 Å². The Bertz CT molecular complexity index is 329. The number of aryl methyl sites for hydroxylation is 1. The molecule has 0 aliphatic rings. The molecule has 1 aromatic rings. The molecule has 0 amide bonds. The Labute approximate surface area is 77.6 Å². The van der Waals surface area contributed by atoms with Crippen molar-refractivity contribution >= 4 is 12.1 Å². The van der Waals surface area contributed by atoms with E-state index < -0.39 is 5.92 Å². The molecule has 1 rings (SSSR count). The van der Waals surface area contributed by atoms with Gasteiger partial charge >= 0.3 is 0 Å². The number of hydrogen-bond acceptors (Lipinski definition) is 2. The standard InChI is InChI=1S/C11H12O2/c1-8-4-3-5-10(6-8)11(7-12)9(2)13/h3-7,11H,1-2H3. The van der Waals surface area contributed by atoms with Gasteiger partial charge in [0.2, 0.25) is 0 Å². The molecule has 2 nitrogen and oxygen atoms in total. The van der Waals surface area contributed by atoms with Crippen LogP contribution in [0.4, 0.5) is 0 Å². The topological polar surface area (TPSA) is 34.1 Å². The van der Waals surface area contributed by atoms with E-state index >= 15 is 0 Å².